The number of ether oxygens (including phenoxy) is 1. The summed E-state index contributed by atoms with van der Waals surface area (Å²) in [4.78, 5) is 13.3. The maximum Gasteiger partial charge on any atom is 0.163 e. The smallest absolute Gasteiger partial charge is 0.163 e. The van der Waals surface area contributed by atoms with Gasteiger partial charge in [0.05, 0.1) is 6.10 Å². The van der Waals surface area contributed by atoms with Crippen LogP contribution in [-0.2, 0) is 9.53 Å². The minimum absolute atomic E-state index is 0.00535. The topological polar surface area (TPSA) is 52.3 Å². The summed E-state index contributed by atoms with van der Waals surface area (Å²) in [6, 6.07) is 14.5. The molecule has 0 aliphatic heterocycles. The molecular weight excluding hydrogens is 358 g/mol. The van der Waals surface area contributed by atoms with Gasteiger partial charge in [0.2, 0.25) is 0 Å². The van der Waals surface area contributed by atoms with Gasteiger partial charge in [-0.2, -0.15) is 0 Å². The molecule has 2 aromatic rings. The van der Waals surface area contributed by atoms with Gasteiger partial charge in [-0.25, -0.2) is 0 Å². The Morgan fingerprint density at radius 3 is 2.45 bits per heavy atom. The normalized spacial score (nSPS) is 18.7. The van der Waals surface area contributed by atoms with Gasteiger partial charge >= 0.3 is 0 Å². The lowest BCUT2D eigenvalue weighted by atomic mass is 9.82. The number of benzene rings is 2. The van der Waals surface area contributed by atoms with E-state index in [0.29, 0.717) is 12.3 Å². The standard InChI is InChI=1S/C26H37NO2/c1-18(2)29-26(24(27)17-20-10-5-4-6-11-20)25(28)16-19(3)22-15-9-13-21-12-7-8-14-23(21)22/h7-9,12-15,18-20,24,26H,4-6,10-11,16-17,27H2,1-3H3/t19?,24-,26?/m1/s1. The molecule has 158 valence electrons. The molecule has 1 saturated carbocycles. The summed E-state index contributed by atoms with van der Waals surface area (Å²) in [5.41, 5.74) is 7.78. The molecule has 1 fully saturated rings. The first-order chi connectivity index (χ1) is 14.0. The van der Waals surface area contributed by atoms with Crippen molar-refractivity contribution in [1.82, 2.24) is 0 Å². The molecule has 0 spiro atoms. The quantitative estimate of drug-likeness (QED) is 0.567. The molecule has 1 aliphatic rings. The van der Waals surface area contributed by atoms with Gasteiger partial charge in [-0.1, -0.05) is 81.5 Å². The van der Waals surface area contributed by atoms with Crippen LogP contribution in [0.1, 0.15) is 77.2 Å². The van der Waals surface area contributed by atoms with Crippen LogP contribution >= 0.6 is 0 Å². The third kappa shape index (κ3) is 5.90. The Balaban J connectivity index is 1.71. The summed E-state index contributed by atoms with van der Waals surface area (Å²) >= 11 is 0. The van der Waals surface area contributed by atoms with Crippen LogP contribution in [0.4, 0.5) is 0 Å². The Morgan fingerprint density at radius 2 is 1.72 bits per heavy atom. The predicted molar refractivity (Wildman–Crippen MR) is 121 cm³/mol. The van der Waals surface area contributed by atoms with Crippen LogP contribution in [0.15, 0.2) is 42.5 Å². The van der Waals surface area contributed by atoms with E-state index in [-0.39, 0.29) is 23.8 Å². The lowest BCUT2D eigenvalue weighted by Gasteiger charge is -2.30. The number of ketones is 1. The van der Waals surface area contributed by atoms with E-state index < -0.39 is 6.10 Å². The maximum absolute atomic E-state index is 13.3. The fourth-order valence-electron chi connectivity index (χ4n) is 4.85. The summed E-state index contributed by atoms with van der Waals surface area (Å²) in [5, 5.41) is 2.44. The molecule has 0 saturated heterocycles. The van der Waals surface area contributed by atoms with Gasteiger partial charge in [0.15, 0.2) is 5.78 Å². The second-order valence-corrected chi connectivity index (χ2v) is 9.15. The molecule has 0 aromatic heterocycles. The fraction of sp³-hybridized carbons (Fsp3) is 0.577. The number of carbonyl (C=O) groups is 1. The molecule has 1 aliphatic carbocycles. The van der Waals surface area contributed by atoms with E-state index in [1.807, 2.05) is 13.8 Å². The van der Waals surface area contributed by atoms with Gasteiger partial charge in [-0.3, -0.25) is 4.79 Å². The first kappa shape index (κ1) is 22.0. The van der Waals surface area contributed by atoms with Crippen molar-refractivity contribution in [1.29, 1.82) is 0 Å². The van der Waals surface area contributed by atoms with E-state index in [1.165, 1.54) is 48.4 Å². The van der Waals surface area contributed by atoms with E-state index in [4.69, 9.17) is 10.5 Å². The molecule has 2 N–H and O–H groups in total. The molecule has 29 heavy (non-hydrogen) atoms. The highest BCUT2D eigenvalue weighted by atomic mass is 16.5. The SMILES string of the molecule is CC(C)OC(C(=O)CC(C)c1cccc2ccccc12)[C@H](N)CC1CCCCC1. The zero-order valence-electron chi connectivity index (χ0n) is 18.3. The van der Waals surface area contributed by atoms with Crippen LogP contribution < -0.4 is 5.73 Å². The molecule has 2 unspecified atom stereocenters. The van der Waals surface area contributed by atoms with Crippen molar-refractivity contribution in [2.24, 2.45) is 11.7 Å². The first-order valence-corrected chi connectivity index (χ1v) is 11.4. The number of carbonyl (C=O) groups excluding carboxylic acids is 1. The largest absolute Gasteiger partial charge is 0.366 e. The van der Waals surface area contributed by atoms with Crippen LogP contribution in [-0.4, -0.2) is 24.0 Å². The van der Waals surface area contributed by atoms with Gasteiger partial charge < -0.3 is 10.5 Å². The average molecular weight is 396 g/mol. The Kier molecular flexibility index (Phi) is 7.85. The molecule has 0 bridgehead atoms. The number of hydrogen-bond acceptors (Lipinski definition) is 3. The summed E-state index contributed by atoms with van der Waals surface area (Å²) in [6.07, 6.45) is 7.24. The van der Waals surface area contributed by atoms with Gasteiger partial charge in [0.1, 0.15) is 6.10 Å². The molecule has 3 atom stereocenters. The summed E-state index contributed by atoms with van der Waals surface area (Å²) in [6.45, 7) is 6.11. The Hall–Kier alpha value is -1.71. The monoisotopic (exact) mass is 395 g/mol. The average Bonchev–Trinajstić information content (AvgIpc) is 2.72. The molecule has 2 aromatic carbocycles. The fourth-order valence-corrected chi connectivity index (χ4v) is 4.85. The van der Waals surface area contributed by atoms with Gasteiger partial charge in [-0.15, -0.1) is 0 Å². The second kappa shape index (κ2) is 10.4. The van der Waals surface area contributed by atoms with Crippen molar-refractivity contribution < 1.29 is 9.53 Å². The Morgan fingerprint density at radius 1 is 1.03 bits per heavy atom. The minimum Gasteiger partial charge on any atom is -0.366 e. The zero-order chi connectivity index (χ0) is 20.8. The van der Waals surface area contributed by atoms with E-state index in [1.54, 1.807) is 0 Å². The van der Waals surface area contributed by atoms with Gasteiger partial charge in [-0.05, 0) is 48.4 Å². The van der Waals surface area contributed by atoms with E-state index in [9.17, 15) is 4.79 Å². The minimum atomic E-state index is -0.505. The van der Waals surface area contributed by atoms with Crippen molar-refractivity contribution in [3.05, 3.63) is 48.0 Å². The van der Waals surface area contributed by atoms with Crippen molar-refractivity contribution in [2.45, 2.75) is 89.9 Å². The summed E-state index contributed by atoms with van der Waals surface area (Å²) in [5.74, 6) is 0.913. The molecule has 0 radical (unpaired) electrons. The molecule has 3 rings (SSSR count). The van der Waals surface area contributed by atoms with Crippen LogP contribution in [0.25, 0.3) is 10.8 Å². The highest BCUT2D eigenvalue weighted by Gasteiger charge is 2.31. The predicted octanol–water partition coefficient (Wildman–Crippen LogP) is 5.99. The summed E-state index contributed by atoms with van der Waals surface area (Å²) in [7, 11) is 0. The van der Waals surface area contributed by atoms with Crippen molar-refractivity contribution in [2.75, 3.05) is 0 Å². The van der Waals surface area contributed by atoms with Gasteiger partial charge in [0, 0.05) is 12.5 Å². The molecule has 0 heterocycles. The van der Waals surface area contributed by atoms with Crippen LogP contribution in [0.2, 0.25) is 0 Å². The van der Waals surface area contributed by atoms with E-state index >= 15 is 0 Å². The number of nitrogens with two attached hydrogens (primary N) is 1. The third-order valence-electron chi connectivity index (χ3n) is 6.32. The highest BCUT2D eigenvalue weighted by Crippen LogP contribution is 2.31. The number of rotatable bonds is 9. The second-order valence-electron chi connectivity index (χ2n) is 9.15. The van der Waals surface area contributed by atoms with Crippen molar-refractivity contribution in [3.8, 4) is 0 Å². The third-order valence-corrected chi connectivity index (χ3v) is 6.32. The van der Waals surface area contributed by atoms with Crippen LogP contribution in [0.3, 0.4) is 0 Å². The Bertz CT molecular complexity index is 789. The Labute approximate surface area is 176 Å². The molecule has 0 amide bonds. The highest BCUT2D eigenvalue weighted by molar-refractivity contribution is 5.88. The first-order valence-electron chi connectivity index (χ1n) is 11.4. The van der Waals surface area contributed by atoms with Crippen LogP contribution in [0, 0.1) is 5.92 Å². The summed E-state index contributed by atoms with van der Waals surface area (Å²) < 4.78 is 6.07. The molecule has 3 nitrogen and oxygen atoms in total. The van der Waals surface area contributed by atoms with Crippen LogP contribution in [0.5, 0.6) is 0 Å². The number of fused-ring (bicyclic) bond motifs is 1. The molecular formula is C26H37NO2. The molecule has 3 heteroatoms. The number of Topliss-reactive ketones (excluding diaryl/α,β-unsaturated/α-hetero) is 1. The zero-order valence-corrected chi connectivity index (χ0v) is 18.3. The maximum atomic E-state index is 13.3. The lowest BCUT2D eigenvalue weighted by molar-refractivity contribution is -0.135. The lowest BCUT2D eigenvalue weighted by Crippen LogP contribution is -2.45. The number of hydrogen-bond donors (Lipinski definition) is 1. The van der Waals surface area contributed by atoms with E-state index in [0.717, 1.165) is 6.42 Å². The van der Waals surface area contributed by atoms with E-state index in [2.05, 4.69) is 49.4 Å². The van der Waals surface area contributed by atoms with Gasteiger partial charge in [0.25, 0.3) is 0 Å². The van der Waals surface area contributed by atoms with Crippen molar-refractivity contribution >= 4 is 16.6 Å². The van der Waals surface area contributed by atoms with Crippen molar-refractivity contribution in [3.63, 3.8) is 0 Å².